The zero-order valence-electron chi connectivity index (χ0n) is 17.8. The minimum absolute atomic E-state index is 0.0474. The highest BCUT2D eigenvalue weighted by molar-refractivity contribution is 6.11. The molecule has 30 heavy (non-hydrogen) atoms. The Hall–Kier alpha value is -2.70. The number of ketones is 1. The largest absolute Gasteiger partial charge is 0.326 e. The molecule has 0 unspecified atom stereocenters. The van der Waals surface area contributed by atoms with Gasteiger partial charge in [-0.15, -0.1) is 0 Å². The lowest BCUT2D eigenvalue weighted by Gasteiger charge is -2.36. The fourth-order valence-corrected chi connectivity index (χ4v) is 4.37. The molecule has 3 rings (SSSR count). The molecule has 2 N–H and O–H groups in total. The Balaban J connectivity index is 1.60. The van der Waals surface area contributed by atoms with Crippen LogP contribution in [0.15, 0.2) is 24.3 Å². The molecule has 1 heterocycles. The van der Waals surface area contributed by atoms with Crippen LogP contribution in [0.2, 0.25) is 0 Å². The van der Waals surface area contributed by atoms with E-state index in [-0.39, 0.29) is 30.1 Å². The maximum absolute atomic E-state index is 13.0. The molecule has 0 bridgehead atoms. The van der Waals surface area contributed by atoms with E-state index in [0.29, 0.717) is 24.1 Å². The van der Waals surface area contributed by atoms with E-state index in [4.69, 9.17) is 0 Å². The van der Waals surface area contributed by atoms with Crippen molar-refractivity contribution in [1.29, 1.82) is 0 Å². The number of carbonyl (C=O) groups is 4. The zero-order valence-corrected chi connectivity index (χ0v) is 17.8. The molecule has 162 valence electrons. The standard InChI is InChI=1S/C23H31N3O4/c1-3-4-5-9-20(28)24-18-12-10-17(11-13-18)19(27)15-26-21(29)23(25-22(26)30)14-7-6-8-16(23)2/h10-13,16H,3-9,14-15H2,1-2H3,(H,24,28)(H,25,30)/t16-,23-/m0/s1. The van der Waals surface area contributed by atoms with Crippen LogP contribution in [0, 0.1) is 5.92 Å². The highest BCUT2D eigenvalue weighted by Crippen LogP contribution is 2.38. The van der Waals surface area contributed by atoms with Gasteiger partial charge in [0.15, 0.2) is 5.78 Å². The second-order valence-electron chi connectivity index (χ2n) is 8.45. The molecule has 1 saturated heterocycles. The van der Waals surface area contributed by atoms with Crippen molar-refractivity contribution in [3.05, 3.63) is 29.8 Å². The number of nitrogens with zero attached hydrogens (tertiary/aromatic N) is 1. The molecule has 2 aliphatic rings. The molecular weight excluding hydrogens is 382 g/mol. The molecular formula is C23H31N3O4. The molecule has 1 aliphatic heterocycles. The number of rotatable bonds is 8. The molecule has 1 aliphatic carbocycles. The third-order valence-corrected chi connectivity index (χ3v) is 6.30. The number of anilines is 1. The lowest BCUT2D eigenvalue weighted by molar-refractivity contribution is -0.133. The minimum atomic E-state index is -0.860. The molecule has 0 aromatic heterocycles. The molecule has 1 spiro atoms. The van der Waals surface area contributed by atoms with Gasteiger partial charge in [0.25, 0.3) is 5.91 Å². The molecule has 4 amide bonds. The Labute approximate surface area is 177 Å². The van der Waals surface area contributed by atoms with Crippen LogP contribution in [0.1, 0.15) is 75.6 Å². The van der Waals surface area contributed by atoms with E-state index in [1.807, 2.05) is 6.92 Å². The third-order valence-electron chi connectivity index (χ3n) is 6.30. The fourth-order valence-electron chi connectivity index (χ4n) is 4.37. The quantitative estimate of drug-likeness (QED) is 0.384. The van der Waals surface area contributed by atoms with E-state index in [9.17, 15) is 19.2 Å². The monoisotopic (exact) mass is 413 g/mol. The summed E-state index contributed by atoms with van der Waals surface area (Å²) in [5.41, 5.74) is 0.164. The first-order chi connectivity index (χ1) is 14.4. The van der Waals surface area contributed by atoms with Crippen molar-refractivity contribution >= 4 is 29.3 Å². The second-order valence-corrected chi connectivity index (χ2v) is 8.45. The van der Waals surface area contributed by atoms with Gasteiger partial charge in [-0.25, -0.2) is 4.79 Å². The molecule has 1 aromatic carbocycles. The molecule has 7 nitrogen and oxygen atoms in total. The normalized spacial score (nSPS) is 23.5. The van der Waals surface area contributed by atoms with Gasteiger partial charge in [0, 0.05) is 17.7 Å². The van der Waals surface area contributed by atoms with Crippen molar-refractivity contribution in [1.82, 2.24) is 10.2 Å². The molecule has 1 saturated carbocycles. The van der Waals surface area contributed by atoms with Gasteiger partial charge >= 0.3 is 6.03 Å². The molecule has 1 aromatic rings. The molecule has 2 atom stereocenters. The lowest BCUT2D eigenvalue weighted by atomic mass is 9.73. The van der Waals surface area contributed by atoms with E-state index in [1.54, 1.807) is 24.3 Å². The van der Waals surface area contributed by atoms with Gasteiger partial charge in [-0.2, -0.15) is 0 Å². The third kappa shape index (κ3) is 4.55. The maximum Gasteiger partial charge on any atom is 0.325 e. The summed E-state index contributed by atoms with van der Waals surface area (Å²) in [6.45, 7) is 3.79. The number of nitrogens with one attached hydrogen (secondary N) is 2. The van der Waals surface area contributed by atoms with Crippen molar-refractivity contribution in [3.8, 4) is 0 Å². The smallest absolute Gasteiger partial charge is 0.325 e. The second kappa shape index (κ2) is 9.41. The summed E-state index contributed by atoms with van der Waals surface area (Å²) in [6, 6.07) is 6.07. The number of hydrogen-bond acceptors (Lipinski definition) is 4. The Morgan fingerprint density at radius 2 is 1.90 bits per heavy atom. The number of imide groups is 1. The van der Waals surface area contributed by atoms with Crippen LogP contribution >= 0.6 is 0 Å². The van der Waals surface area contributed by atoms with Gasteiger partial charge in [-0.1, -0.05) is 39.5 Å². The van der Waals surface area contributed by atoms with Gasteiger partial charge in [-0.05, 0) is 49.4 Å². The average Bonchev–Trinajstić information content (AvgIpc) is 2.96. The van der Waals surface area contributed by atoms with Gasteiger partial charge in [0.05, 0.1) is 6.54 Å². The minimum Gasteiger partial charge on any atom is -0.326 e. The number of hydrogen-bond donors (Lipinski definition) is 2. The number of amides is 4. The van der Waals surface area contributed by atoms with E-state index < -0.39 is 11.6 Å². The van der Waals surface area contributed by atoms with Crippen molar-refractivity contribution < 1.29 is 19.2 Å². The Morgan fingerprint density at radius 3 is 2.57 bits per heavy atom. The van der Waals surface area contributed by atoms with Crippen LogP contribution in [0.5, 0.6) is 0 Å². The topological polar surface area (TPSA) is 95.6 Å². The van der Waals surface area contributed by atoms with Crippen molar-refractivity contribution in [2.45, 2.75) is 70.8 Å². The van der Waals surface area contributed by atoms with Gasteiger partial charge in [-0.3, -0.25) is 19.3 Å². The van der Waals surface area contributed by atoms with Crippen molar-refractivity contribution in [3.63, 3.8) is 0 Å². The number of carbonyl (C=O) groups excluding carboxylic acids is 4. The first-order valence-corrected chi connectivity index (χ1v) is 10.9. The van der Waals surface area contributed by atoms with Crippen molar-refractivity contribution in [2.24, 2.45) is 5.92 Å². The summed E-state index contributed by atoms with van der Waals surface area (Å²) >= 11 is 0. The molecule has 0 radical (unpaired) electrons. The predicted octanol–water partition coefficient (Wildman–Crippen LogP) is 3.89. The summed E-state index contributed by atoms with van der Waals surface area (Å²) < 4.78 is 0. The summed E-state index contributed by atoms with van der Waals surface area (Å²) in [5.74, 6) is -0.583. The summed E-state index contributed by atoms with van der Waals surface area (Å²) in [6.07, 6.45) is 6.85. The van der Waals surface area contributed by atoms with E-state index >= 15 is 0 Å². The van der Waals surface area contributed by atoms with Crippen LogP contribution in [0.25, 0.3) is 0 Å². The number of Topliss-reactive ketones (excluding diaryl/α,β-unsaturated/α-hetero) is 1. The number of urea groups is 1. The van der Waals surface area contributed by atoms with Gasteiger partial charge < -0.3 is 10.6 Å². The van der Waals surface area contributed by atoms with E-state index in [2.05, 4.69) is 17.6 Å². The Morgan fingerprint density at radius 1 is 1.17 bits per heavy atom. The number of benzene rings is 1. The van der Waals surface area contributed by atoms with Crippen LogP contribution < -0.4 is 10.6 Å². The highest BCUT2D eigenvalue weighted by atomic mass is 16.2. The summed E-state index contributed by atoms with van der Waals surface area (Å²) in [5, 5.41) is 5.68. The SMILES string of the molecule is CCCCCC(=O)Nc1ccc(C(=O)CN2C(=O)N[C@]3(CCCC[C@@H]3C)C2=O)cc1. The van der Waals surface area contributed by atoms with Crippen LogP contribution in [0.4, 0.5) is 10.5 Å². The van der Waals surface area contributed by atoms with Crippen LogP contribution in [-0.4, -0.2) is 40.6 Å². The first-order valence-electron chi connectivity index (χ1n) is 10.9. The van der Waals surface area contributed by atoms with Crippen LogP contribution in [-0.2, 0) is 9.59 Å². The Kier molecular flexibility index (Phi) is 6.90. The lowest BCUT2D eigenvalue weighted by Crippen LogP contribution is -2.54. The van der Waals surface area contributed by atoms with Gasteiger partial charge in [0.1, 0.15) is 5.54 Å². The summed E-state index contributed by atoms with van der Waals surface area (Å²) in [4.78, 5) is 51.1. The van der Waals surface area contributed by atoms with Gasteiger partial charge in [0.2, 0.25) is 5.91 Å². The fraction of sp³-hybridized carbons (Fsp3) is 0.565. The highest BCUT2D eigenvalue weighted by Gasteiger charge is 2.55. The Bertz CT molecular complexity index is 820. The zero-order chi connectivity index (χ0) is 21.7. The molecule has 2 fully saturated rings. The first kappa shape index (κ1) is 22.0. The van der Waals surface area contributed by atoms with E-state index in [0.717, 1.165) is 43.4 Å². The predicted molar refractivity (Wildman–Crippen MR) is 114 cm³/mol. The number of unbranched alkanes of at least 4 members (excludes halogenated alkanes) is 2. The van der Waals surface area contributed by atoms with Crippen molar-refractivity contribution in [2.75, 3.05) is 11.9 Å². The maximum atomic E-state index is 13.0. The van der Waals surface area contributed by atoms with E-state index in [1.165, 1.54) is 0 Å². The average molecular weight is 414 g/mol. The van der Waals surface area contributed by atoms with Crippen LogP contribution in [0.3, 0.4) is 0 Å². The summed E-state index contributed by atoms with van der Waals surface area (Å²) in [7, 11) is 0. The molecule has 7 heteroatoms.